The Morgan fingerprint density at radius 2 is 1.84 bits per heavy atom. The van der Waals surface area contributed by atoms with Crippen molar-refractivity contribution in [1.82, 2.24) is 9.29 Å². The van der Waals surface area contributed by atoms with E-state index in [2.05, 4.69) is 4.98 Å². The molecular weight excluding hydrogens is 420 g/mol. The molecule has 0 amide bonds. The number of fused-ring (bicyclic) bond motifs is 2. The SMILES string of the molecule is Cc1ccc2[nH]c(=O)c(CN(CCCO)S(=O)(=O)c3ccc4c(c3)OCCO4)cc2c1. The van der Waals surface area contributed by atoms with Crippen LogP contribution in [-0.2, 0) is 16.6 Å². The summed E-state index contributed by atoms with van der Waals surface area (Å²) in [6.45, 7) is 2.49. The van der Waals surface area contributed by atoms with Gasteiger partial charge in [0.1, 0.15) is 13.2 Å². The number of aliphatic hydroxyl groups excluding tert-OH is 1. The lowest BCUT2D eigenvalue weighted by Crippen LogP contribution is -2.34. The van der Waals surface area contributed by atoms with Crippen LogP contribution < -0.4 is 15.0 Å². The van der Waals surface area contributed by atoms with Crippen LogP contribution >= 0.6 is 0 Å². The normalized spacial score (nSPS) is 13.6. The van der Waals surface area contributed by atoms with E-state index in [0.29, 0.717) is 35.8 Å². The van der Waals surface area contributed by atoms with Crippen molar-refractivity contribution in [3.8, 4) is 11.5 Å². The van der Waals surface area contributed by atoms with Gasteiger partial charge in [-0.3, -0.25) is 4.79 Å². The van der Waals surface area contributed by atoms with Gasteiger partial charge in [-0.1, -0.05) is 11.6 Å². The number of pyridine rings is 1. The predicted molar refractivity (Wildman–Crippen MR) is 116 cm³/mol. The summed E-state index contributed by atoms with van der Waals surface area (Å²) in [5, 5.41) is 10.1. The fourth-order valence-electron chi connectivity index (χ4n) is 3.54. The first-order chi connectivity index (χ1) is 14.9. The number of sulfonamides is 1. The summed E-state index contributed by atoms with van der Waals surface area (Å²) in [6.07, 6.45) is 0.244. The van der Waals surface area contributed by atoms with E-state index in [1.54, 1.807) is 12.1 Å². The van der Waals surface area contributed by atoms with Crippen LogP contribution in [0.15, 0.2) is 52.2 Å². The topological polar surface area (TPSA) is 109 Å². The molecule has 0 unspecified atom stereocenters. The van der Waals surface area contributed by atoms with Crippen LogP contribution in [0, 0.1) is 6.92 Å². The highest BCUT2D eigenvalue weighted by molar-refractivity contribution is 7.89. The largest absolute Gasteiger partial charge is 0.486 e. The van der Waals surface area contributed by atoms with Gasteiger partial charge in [-0.15, -0.1) is 0 Å². The van der Waals surface area contributed by atoms with Gasteiger partial charge in [-0.05, 0) is 49.1 Å². The third-order valence-electron chi connectivity index (χ3n) is 5.14. The second-order valence-corrected chi connectivity index (χ2v) is 9.37. The van der Waals surface area contributed by atoms with Crippen LogP contribution in [0.4, 0.5) is 0 Å². The number of aryl methyl sites for hydroxylation is 1. The van der Waals surface area contributed by atoms with E-state index in [4.69, 9.17) is 9.47 Å². The standard InChI is InChI=1S/C22H24N2O6S/c1-15-3-5-19-16(11-15)12-17(22(26)23-19)14-24(7-2-8-25)31(27,28)18-4-6-20-21(13-18)30-10-9-29-20/h3-6,11-13,25H,2,7-10,14H2,1H3,(H,23,26). The van der Waals surface area contributed by atoms with E-state index in [0.717, 1.165) is 10.9 Å². The first-order valence-corrected chi connectivity index (χ1v) is 11.5. The lowest BCUT2D eigenvalue weighted by Gasteiger charge is -2.24. The minimum atomic E-state index is -3.95. The highest BCUT2D eigenvalue weighted by Crippen LogP contribution is 2.33. The van der Waals surface area contributed by atoms with Crippen LogP contribution in [0.2, 0.25) is 0 Å². The third kappa shape index (κ3) is 4.43. The number of aromatic nitrogens is 1. The van der Waals surface area contributed by atoms with Crippen molar-refractivity contribution < 1.29 is 23.0 Å². The van der Waals surface area contributed by atoms with Crippen molar-refractivity contribution in [1.29, 1.82) is 0 Å². The van der Waals surface area contributed by atoms with Gasteiger partial charge in [0.15, 0.2) is 11.5 Å². The van der Waals surface area contributed by atoms with Gasteiger partial charge >= 0.3 is 0 Å². The number of ether oxygens (including phenoxy) is 2. The molecule has 4 rings (SSSR count). The molecule has 2 heterocycles. The molecule has 0 fully saturated rings. The van der Waals surface area contributed by atoms with Gasteiger partial charge in [0.25, 0.3) is 5.56 Å². The number of rotatable bonds is 7. The van der Waals surface area contributed by atoms with Crippen molar-refractivity contribution in [3.63, 3.8) is 0 Å². The Morgan fingerprint density at radius 1 is 1.06 bits per heavy atom. The van der Waals surface area contributed by atoms with E-state index < -0.39 is 10.0 Å². The summed E-state index contributed by atoms with van der Waals surface area (Å²) < 4.78 is 39.0. The Labute approximate surface area is 180 Å². The molecule has 1 aliphatic rings. The number of benzene rings is 2. The molecule has 1 aliphatic heterocycles. The first kappa shape index (κ1) is 21.4. The first-order valence-electron chi connectivity index (χ1n) is 10.0. The second-order valence-electron chi connectivity index (χ2n) is 7.44. The molecule has 0 radical (unpaired) electrons. The highest BCUT2D eigenvalue weighted by Gasteiger charge is 2.27. The number of nitrogens with zero attached hydrogens (tertiary/aromatic N) is 1. The van der Waals surface area contributed by atoms with E-state index in [9.17, 15) is 18.3 Å². The highest BCUT2D eigenvalue weighted by atomic mass is 32.2. The minimum absolute atomic E-state index is 0.0442. The van der Waals surface area contributed by atoms with Gasteiger partial charge in [0.2, 0.25) is 10.0 Å². The van der Waals surface area contributed by atoms with Crippen LogP contribution in [0.5, 0.6) is 11.5 Å². The summed E-state index contributed by atoms with van der Waals surface area (Å²) in [5.74, 6) is 0.863. The Bertz CT molecular complexity index is 1270. The molecule has 3 aromatic rings. The maximum atomic E-state index is 13.4. The van der Waals surface area contributed by atoms with E-state index >= 15 is 0 Å². The molecule has 0 bridgehead atoms. The molecule has 0 spiro atoms. The number of aliphatic hydroxyl groups is 1. The Morgan fingerprint density at radius 3 is 2.61 bits per heavy atom. The number of aromatic amines is 1. The van der Waals surface area contributed by atoms with Gasteiger partial charge in [0.05, 0.1) is 4.90 Å². The molecule has 0 atom stereocenters. The molecule has 2 aromatic carbocycles. The number of hydrogen-bond acceptors (Lipinski definition) is 6. The molecule has 2 N–H and O–H groups in total. The summed E-state index contributed by atoms with van der Waals surface area (Å²) in [4.78, 5) is 15.5. The van der Waals surface area contributed by atoms with Crippen LogP contribution in [-0.4, -0.2) is 49.2 Å². The summed E-state index contributed by atoms with van der Waals surface area (Å²) in [5.41, 5.74) is 1.71. The maximum Gasteiger partial charge on any atom is 0.252 e. The Kier molecular flexibility index (Phi) is 5.99. The van der Waals surface area contributed by atoms with Gasteiger partial charge in [-0.2, -0.15) is 4.31 Å². The second kappa shape index (κ2) is 8.70. The third-order valence-corrected chi connectivity index (χ3v) is 6.98. The van der Waals surface area contributed by atoms with E-state index in [-0.39, 0.29) is 36.6 Å². The molecular formula is C22H24N2O6S. The number of nitrogens with one attached hydrogen (secondary N) is 1. The van der Waals surface area contributed by atoms with E-state index in [1.807, 2.05) is 25.1 Å². The summed E-state index contributed by atoms with van der Waals surface area (Å²) in [6, 6.07) is 11.8. The Balaban J connectivity index is 1.71. The van der Waals surface area contributed by atoms with Crippen LogP contribution in [0.1, 0.15) is 17.5 Å². The monoisotopic (exact) mass is 444 g/mol. The van der Waals surface area contributed by atoms with Crippen molar-refractivity contribution in [2.24, 2.45) is 0 Å². The zero-order chi connectivity index (χ0) is 22.0. The summed E-state index contributed by atoms with van der Waals surface area (Å²) >= 11 is 0. The summed E-state index contributed by atoms with van der Waals surface area (Å²) in [7, 11) is -3.95. The van der Waals surface area contributed by atoms with Gasteiger partial charge in [0, 0.05) is 36.8 Å². The molecule has 9 heteroatoms. The quantitative estimate of drug-likeness (QED) is 0.578. The molecule has 0 saturated carbocycles. The fourth-order valence-corrected chi connectivity index (χ4v) is 5.02. The van der Waals surface area contributed by atoms with Crippen LogP contribution in [0.3, 0.4) is 0 Å². The van der Waals surface area contributed by atoms with Crippen molar-refractivity contribution >= 4 is 20.9 Å². The molecule has 0 aliphatic carbocycles. The smallest absolute Gasteiger partial charge is 0.252 e. The molecule has 1 aromatic heterocycles. The van der Waals surface area contributed by atoms with Gasteiger partial charge < -0.3 is 19.6 Å². The zero-order valence-corrected chi connectivity index (χ0v) is 17.9. The molecule has 8 nitrogen and oxygen atoms in total. The van der Waals surface area contributed by atoms with Crippen molar-refractivity contribution in [2.45, 2.75) is 24.8 Å². The average Bonchev–Trinajstić information content (AvgIpc) is 2.76. The minimum Gasteiger partial charge on any atom is -0.486 e. The Hall–Kier alpha value is -2.88. The lowest BCUT2D eigenvalue weighted by atomic mass is 10.1. The van der Waals surface area contributed by atoms with Gasteiger partial charge in [-0.25, -0.2) is 8.42 Å². The predicted octanol–water partition coefficient (Wildman–Crippen LogP) is 2.18. The van der Waals surface area contributed by atoms with Crippen molar-refractivity contribution in [2.75, 3.05) is 26.4 Å². The van der Waals surface area contributed by atoms with Crippen molar-refractivity contribution in [3.05, 3.63) is 63.9 Å². The maximum absolute atomic E-state index is 13.4. The fraction of sp³-hybridized carbons (Fsp3) is 0.318. The van der Waals surface area contributed by atoms with Crippen LogP contribution in [0.25, 0.3) is 10.9 Å². The molecule has 0 saturated heterocycles. The zero-order valence-electron chi connectivity index (χ0n) is 17.1. The average molecular weight is 445 g/mol. The number of hydrogen-bond donors (Lipinski definition) is 2. The molecule has 164 valence electrons. The molecule has 31 heavy (non-hydrogen) atoms. The van der Waals surface area contributed by atoms with E-state index in [1.165, 1.54) is 16.4 Å². The number of H-pyrrole nitrogens is 1. The lowest BCUT2D eigenvalue weighted by molar-refractivity contribution is 0.171.